The molecule has 2 aliphatic rings. The van der Waals surface area contributed by atoms with Gasteiger partial charge in [0.1, 0.15) is 11.5 Å². The predicted molar refractivity (Wildman–Crippen MR) is 85.2 cm³/mol. The van der Waals surface area contributed by atoms with E-state index in [2.05, 4.69) is 11.9 Å². The first-order valence-electron chi connectivity index (χ1n) is 8.20. The number of pyridine rings is 1. The molecule has 5 nitrogen and oxygen atoms in total. The second-order valence-corrected chi connectivity index (χ2v) is 6.73. The molecule has 1 amide bonds. The van der Waals surface area contributed by atoms with Crippen LogP contribution in [0.2, 0.25) is 0 Å². The van der Waals surface area contributed by atoms with Crippen LogP contribution < -0.4 is 5.56 Å². The third-order valence-electron chi connectivity index (χ3n) is 4.76. The van der Waals surface area contributed by atoms with E-state index >= 15 is 0 Å². The van der Waals surface area contributed by atoms with Crippen molar-refractivity contribution < 1.29 is 9.21 Å². The number of H-pyrrole nitrogens is 1. The van der Waals surface area contributed by atoms with E-state index in [9.17, 15) is 9.59 Å². The van der Waals surface area contributed by atoms with E-state index in [1.54, 1.807) is 6.07 Å². The fourth-order valence-electron chi connectivity index (χ4n) is 3.03. The molecule has 23 heavy (non-hydrogen) atoms. The Kier molecular flexibility index (Phi) is 3.36. The molecule has 4 rings (SSSR count). The van der Waals surface area contributed by atoms with Gasteiger partial charge in [0.15, 0.2) is 0 Å². The van der Waals surface area contributed by atoms with Gasteiger partial charge in [-0.15, -0.1) is 0 Å². The first-order valence-corrected chi connectivity index (χ1v) is 8.20. The summed E-state index contributed by atoms with van der Waals surface area (Å²) in [4.78, 5) is 28.3. The summed E-state index contributed by atoms with van der Waals surface area (Å²) in [6, 6.07) is 7.27. The van der Waals surface area contributed by atoms with E-state index in [0.717, 1.165) is 24.4 Å². The lowest BCUT2D eigenvalue weighted by molar-refractivity contribution is 0.0716. The van der Waals surface area contributed by atoms with Crippen LogP contribution in [0.25, 0.3) is 0 Å². The summed E-state index contributed by atoms with van der Waals surface area (Å²) in [7, 11) is 0. The lowest BCUT2D eigenvalue weighted by Crippen LogP contribution is -2.32. The van der Waals surface area contributed by atoms with Crippen molar-refractivity contribution in [2.45, 2.75) is 44.7 Å². The van der Waals surface area contributed by atoms with Crippen molar-refractivity contribution in [3.8, 4) is 0 Å². The van der Waals surface area contributed by atoms with Crippen molar-refractivity contribution >= 4 is 5.91 Å². The molecule has 2 atom stereocenters. The quantitative estimate of drug-likeness (QED) is 0.923. The number of hydrogen-bond donors (Lipinski definition) is 1. The van der Waals surface area contributed by atoms with Gasteiger partial charge in [-0.25, -0.2) is 0 Å². The van der Waals surface area contributed by atoms with Crippen LogP contribution in [0, 0.1) is 5.92 Å². The fraction of sp³-hybridized carbons (Fsp3) is 0.444. The van der Waals surface area contributed by atoms with Gasteiger partial charge in [-0.2, -0.15) is 0 Å². The molecule has 2 fully saturated rings. The van der Waals surface area contributed by atoms with E-state index in [0.29, 0.717) is 23.9 Å². The minimum absolute atomic E-state index is 0.0542. The SMILES string of the molecule is C[C@@H]1C[C@@H]1c1ccc(CN(C(=O)c2ccc(=O)[nH]c2)C2CC2)o1. The second kappa shape index (κ2) is 5.41. The maximum absolute atomic E-state index is 12.7. The lowest BCUT2D eigenvalue weighted by atomic mass is 10.2. The number of nitrogens with one attached hydrogen (secondary N) is 1. The zero-order chi connectivity index (χ0) is 16.0. The van der Waals surface area contributed by atoms with E-state index in [1.807, 2.05) is 17.0 Å². The van der Waals surface area contributed by atoms with Gasteiger partial charge in [0.25, 0.3) is 5.91 Å². The zero-order valence-electron chi connectivity index (χ0n) is 13.1. The summed E-state index contributed by atoms with van der Waals surface area (Å²) in [6.45, 7) is 2.72. The summed E-state index contributed by atoms with van der Waals surface area (Å²) in [5, 5.41) is 0. The molecule has 120 valence electrons. The predicted octanol–water partition coefficient (Wildman–Crippen LogP) is 2.90. The van der Waals surface area contributed by atoms with E-state index < -0.39 is 0 Å². The molecular weight excluding hydrogens is 292 g/mol. The molecule has 0 aromatic carbocycles. The van der Waals surface area contributed by atoms with Crippen LogP contribution in [-0.4, -0.2) is 21.8 Å². The fourth-order valence-corrected chi connectivity index (χ4v) is 3.03. The van der Waals surface area contributed by atoms with Gasteiger partial charge >= 0.3 is 0 Å². The van der Waals surface area contributed by atoms with Gasteiger partial charge in [0, 0.05) is 24.2 Å². The van der Waals surface area contributed by atoms with E-state index in [1.165, 1.54) is 18.7 Å². The molecule has 0 bridgehead atoms. The summed E-state index contributed by atoms with van der Waals surface area (Å²) in [5.74, 6) is 3.08. The van der Waals surface area contributed by atoms with Crippen molar-refractivity contribution in [2.75, 3.05) is 0 Å². The first-order chi connectivity index (χ1) is 11.1. The third kappa shape index (κ3) is 2.96. The second-order valence-electron chi connectivity index (χ2n) is 6.73. The Labute approximate surface area is 134 Å². The Morgan fingerprint density at radius 2 is 2.09 bits per heavy atom. The number of nitrogens with zero attached hydrogens (tertiary/aromatic N) is 1. The molecule has 2 aromatic rings. The topological polar surface area (TPSA) is 66.3 Å². The lowest BCUT2D eigenvalue weighted by Gasteiger charge is -2.21. The van der Waals surface area contributed by atoms with Crippen molar-refractivity contribution in [1.82, 2.24) is 9.88 Å². The molecule has 0 unspecified atom stereocenters. The molecule has 0 saturated heterocycles. The first kappa shape index (κ1) is 14.3. The van der Waals surface area contributed by atoms with Crippen LogP contribution in [0.4, 0.5) is 0 Å². The standard InChI is InChI=1S/C18H20N2O3/c1-11-8-15(11)16-6-5-14(23-16)10-20(13-3-4-13)18(22)12-2-7-17(21)19-9-12/h2,5-7,9,11,13,15H,3-4,8,10H2,1H3,(H,19,21)/t11-,15+/m1/s1. The van der Waals surface area contributed by atoms with Crippen LogP contribution in [0.5, 0.6) is 0 Å². The number of amides is 1. The number of hydrogen-bond acceptors (Lipinski definition) is 3. The number of carbonyl (C=O) groups excluding carboxylic acids is 1. The summed E-state index contributed by atoms with van der Waals surface area (Å²) in [6.07, 6.45) is 4.74. The van der Waals surface area contributed by atoms with Gasteiger partial charge in [-0.3, -0.25) is 9.59 Å². The van der Waals surface area contributed by atoms with Gasteiger partial charge in [0.05, 0.1) is 12.1 Å². The molecule has 5 heteroatoms. The number of aromatic amines is 1. The summed E-state index contributed by atoms with van der Waals surface area (Å²) >= 11 is 0. The summed E-state index contributed by atoms with van der Waals surface area (Å²) < 4.78 is 5.94. The molecule has 2 heterocycles. The summed E-state index contributed by atoms with van der Waals surface area (Å²) in [5.41, 5.74) is 0.313. The number of aromatic nitrogens is 1. The Bertz CT molecular complexity index is 767. The van der Waals surface area contributed by atoms with Crippen LogP contribution in [0.1, 0.15) is 54.0 Å². The largest absolute Gasteiger partial charge is 0.464 e. The molecular formula is C18H20N2O3. The minimum Gasteiger partial charge on any atom is -0.464 e. The number of furan rings is 1. The van der Waals surface area contributed by atoms with Gasteiger partial charge in [0.2, 0.25) is 5.56 Å². The highest BCUT2D eigenvalue weighted by molar-refractivity contribution is 5.94. The average Bonchev–Trinajstić information content (AvgIpc) is 3.46. The molecule has 2 saturated carbocycles. The highest BCUT2D eigenvalue weighted by Gasteiger charge is 2.37. The van der Waals surface area contributed by atoms with E-state index in [-0.39, 0.29) is 17.5 Å². The molecule has 1 N–H and O–H groups in total. The van der Waals surface area contributed by atoms with Crippen LogP contribution in [0.15, 0.2) is 39.7 Å². The number of carbonyl (C=O) groups is 1. The molecule has 0 radical (unpaired) electrons. The minimum atomic E-state index is -0.200. The molecule has 2 aromatic heterocycles. The Morgan fingerprint density at radius 1 is 1.30 bits per heavy atom. The van der Waals surface area contributed by atoms with Crippen LogP contribution >= 0.6 is 0 Å². The van der Waals surface area contributed by atoms with Gasteiger partial charge < -0.3 is 14.3 Å². The molecule has 0 aliphatic heterocycles. The molecule has 0 spiro atoms. The monoisotopic (exact) mass is 312 g/mol. The zero-order valence-corrected chi connectivity index (χ0v) is 13.1. The van der Waals surface area contributed by atoms with Crippen molar-refractivity contribution in [2.24, 2.45) is 5.92 Å². The third-order valence-corrected chi connectivity index (χ3v) is 4.76. The Hall–Kier alpha value is -2.30. The van der Waals surface area contributed by atoms with Crippen molar-refractivity contribution in [3.05, 3.63) is 57.9 Å². The van der Waals surface area contributed by atoms with Crippen LogP contribution in [0.3, 0.4) is 0 Å². The van der Waals surface area contributed by atoms with Gasteiger partial charge in [-0.05, 0) is 43.4 Å². The highest BCUT2D eigenvalue weighted by Crippen LogP contribution is 2.47. The highest BCUT2D eigenvalue weighted by atomic mass is 16.3. The maximum atomic E-state index is 12.7. The van der Waals surface area contributed by atoms with Gasteiger partial charge in [-0.1, -0.05) is 6.92 Å². The van der Waals surface area contributed by atoms with Crippen molar-refractivity contribution in [3.63, 3.8) is 0 Å². The average molecular weight is 312 g/mol. The van der Waals surface area contributed by atoms with Crippen LogP contribution in [-0.2, 0) is 6.54 Å². The smallest absolute Gasteiger partial charge is 0.255 e. The van der Waals surface area contributed by atoms with Crippen molar-refractivity contribution in [1.29, 1.82) is 0 Å². The molecule has 2 aliphatic carbocycles. The van der Waals surface area contributed by atoms with E-state index in [4.69, 9.17) is 4.42 Å². The Morgan fingerprint density at radius 3 is 2.70 bits per heavy atom. The Balaban J connectivity index is 1.51. The maximum Gasteiger partial charge on any atom is 0.255 e. The number of rotatable bonds is 5. The normalized spacial score (nSPS) is 22.8.